The normalized spacial score (nSPS) is 16.4. The minimum atomic E-state index is -0.399. The van der Waals surface area contributed by atoms with E-state index >= 15 is 0 Å². The SMILES string of the molecule is CCc1nn(C)c(Cl)c1C(=O)N1CC(O)C1. The van der Waals surface area contributed by atoms with Gasteiger partial charge in [0.25, 0.3) is 5.91 Å². The van der Waals surface area contributed by atoms with Crippen molar-refractivity contribution in [3.63, 3.8) is 0 Å². The predicted octanol–water partition coefficient (Wildman–Crippen LogP) is 0.453. The molecule has 2 rings (SSSR count). The van der Waals surface area contributed by atoms with Gasteiger partial charge >= 0.3 is 0 Å². The number of carbonyl (C=O) groups is 1. The maximum absolute atomic E-state index is 12.1. The second-order valence-corrected chi connectivity index (χ2v) is 4.31. The van der Waals surface area contributed by atoms with E-state index in [0.717, 1.165) is 0 Å². The molecule has 0 aliphatic carbocycles. The molecule has 1 aromatic rings. The number of likely N-dealkylation sites (tertiary alicyclic amines) is 1. The van der Waals surface area contributed by atoms with Crippen molar-refractivity contribution < 1.29 is 9.90 Å². The largest absolute Gasteiger partial charge is 0.389 e. The molecule has 0 saturated carbocycles. The molecular formula is C10H14ClN3O2. The summed E-state index contributed by atoms with van der Waals surface area (Å²) < 4.78 is 1.50. The summed E-state index contributed by atoms with van der Waals surface area (Å²) in [6.45, 7) is 2.70. The molecule has 16 heavy (non-hydrogen) atoms. The topological polar surface area (TPSA) is 58.4 Å². The molecule has 1 aromatic heterocycles. The molecule has 1 N–H and O–H groups in total. The Morgan fingerprint density at radius 3 is 2.75 bits per heavy atom. The number of hydrogen-bond donors (Lipinski definition) is 1. The quantitative estimate of drug-likeness (QED) is 0.821. The van der Waals surface area contributed by atoms with E-state index in [1.807, 2.05) is 6.92 Å². The Kier molecular flexibility index (Phi) is 2.90. The third kappa shape index (κ3) is 1.70. The molecule has 6 heteroatoms. The first-order chi connectivity index (χ1) is 7.54. The van der Waals surface area contributed by atoms with Gasteiger partial charge < -0.3 is 10.0 Å². The maximum atomic E-state index is 12.1. The highest BCUT2D eigenvalue weighted by molar-refractivity contribution is 6.33. The molecule has 0 bridgehead atoms. The number of halogens is 1. The number of amides is 1. The molecule has 5 nitrogen and oxygen atoms in total. The Morgan fingerprint density at radius 2 is 2.25 bits per heavy atom. The number of nitrogens with zero attached hydrogens (tertiary/aromatic N) is 3. The van der Waals surface area contributed by atoms with Crippen molar-refractivity contribution in [2.75, 3.05) is 13.1 Å². The monoisotopic (exact) mass is 243 g/mol. The van der Waals surface area contributed by atoms with E-state index in [1.54, 1.807) is 11.9 Å². The molecule has 88 valence electrons. The average Bonchev–Trinajstić information content (AvgIpc) is 2.50. The zero-order valence-electron chi connectivity index (χ0n) is 9.27. The van der Waals surface area contributed by atoms with Gasteiger partial charge in [0.15, 0.2) is 0 Å². The number of aryl methyl sites for hydroxylation is 2. The molecule has 1 fully saturated rings. The molecule has 1 saturated heterocycles. The van der Waals surface area contributed by atoms with Crippen LogP contribution in [-0.4, -0.2) is 44.9 Å². The summed E-state index contributed by atoms with van der Waals surface area (Å²) in [4.78, 5) is 13.6. The van der Waals surface area contributed by atoms with Crippen LogP contribution in [0.15, 0.2) is 0 Å². The van der Waals surface area contributed by atoms with Gasteiger partial charge in [0.1, 0.15) is 5.15 Å². The smallest absolute Gasteiger partial charge is 0.259 e. The third-order valence-electron chi connectivity index (χ3n) is 2.75. The minimum Gasteiger partial charge on any atom is -0.389 e. The lowest BCUT2D eigenvalue weighted by molar-refractivity contribution is 0.00583. The van der Waals surface area contributed by atoms with Crippen LogP contribution in [0, 0.1) is 0 Å². The van der Waals surface area contributed by atoms with Crippen LogP contribution in [0.5, 0.6) is 0 Å². The Bertz CT molecular complexity index is 424. The zero-order chi connectivity index (χ0) is 11.9. The Morgan fingerprint density at radius 1 is 1.62 bits per heavy atom. The number of aliphatic hydroxyl groups is 1. The Labute approximate surface area is 98.6 Å². The van der Waals surface area contributed by atoms with Crippen LogP contribution in [0.1, 0.15) is 23.0 Å². The maximum Gasteiger partial charge on any atom is 0.259 e. The fraction of sp³-hybridized carbons (Fsp3) is 0.600. The molecule has 0 radical (unpaired) electrons. The van der Waals surface area contributed by atoms with Gasteiger partial charge in [0, 0.05) is 20.1 Å². The summed E-state index contributed by atoms with van der Waals surface area (Å²) in [7, 11) is 1.71. The second kappa shape index (κ2) is 4.07. The van der Waals surface area contributed by atoms with Crippen LogP contribution in [0.2, 0.25) is 5.15 Å². The van der Waals surface area contributed by atoms with E-state index in [9.17, 15) is 4.79 Å². The van der Waals surface area contributed by atoms with Crippen LogP contribution >= 0.6 is 11.6 Å². The Hall–Kier alpha value is -1.07. The highest BCUT2D eigenvalue weighted by Crippen LogP contribution is 2.23. The first kappa shape index (κ1) is 11.4. The molecular weight excluding hydrogens is 230 g/mol. The van der Waals surface area contributed by atoms with Gasteiger partial charge in [0.2, 0.25) is 0 Å². The number of rotatable bonds is 2. The number of aromatic nitrogens is 2. The van der Waals surface area contributed by atoms with E-state index in [-0.39, 0.29) is 5.91 Å². The van der Waals surface area contributed by atoms with Crippen LogP contribution in [0.3, 0.4) is 0 Å². The molecule has 0 atom stereocenters. The van der Waals surface area contributed by atoms with Crippen molar-refractivity contribution in [3.05, 3.63) is 16.4 Å². The standard InChI is InChI=1S/C10H14ClN3O2/c1-3-7-8(9(11)13(2)12-7)10(16)14-4-6(15)5-14/h6,15H,3-5H2,1-2H3. The summed E-state index contributed by atoms with van der Waals surface area (Å²) in [5, 5.41) is 13.7. The van der Waals surface area contributed by atoms with Crippen LogP contribution in [0.4, 0.5) is 0 Å². The van der Waals surface area contributed by atoms with Crippen molar-refractivity contribution >= 4 is 17.5 Å². The van der Waals surface area contributed by atoms with E-state index in [4.69, 9.17) is 16.7 Å². The summed E-state index contributed by atoms with van der Waals surface area (Å²) in [6.07, 6.45) is 0.266. The van der Waals surface area contributed by atoms with Gasteiger partial charge in [-0.3, -0.25) is 9.48 Å². The highest BCUT2D eigenvalue weighted by Gasteiger charge is 2.33. The molecule has 1 aliphatic heterocycles. The Balaban J connectivity index is 2.28. The summed E-state index contributed by atoms with van der Waals surface area (Å²) in [5.74, 6) is -0.139. The summed E-state index contributed by atoms with van der Waals surface area (Å²) in [5.41, 5.74) is 1.18. The average molecular weight is 244 g/mol. The lowest BCUT2D eigenvalue weighted by Crippen LogP contribution is -2.53. The number of carbonyl (C=O) groups excluding carboxylic acids is 1. The predicted molar refractivity (Wildman–Crippen MR) is 59.5 cm³/mol. The highest BCUT2D eigenvalue weighted by atomic mass is 35.5. The van der Waals surface area contributed by atoms with Crippen molar-refractivity contribution in [1.29, 1.82) is 0 Å². The van der Waals surface area contributed by atoms with Gasteiger partial charge in [-0.15, -0.1) is 0 Å². The van der Waals surface area contributed by atoms with Crippen LogP contribution in [-0.2, 0) is 13.5 Å². The lowest BCUT2D eigenvalue weighted by atomic mass is 10.1. The van der Waals surface area contributed by atoms with E-state index in [0.29, 0.717) is 35.9 Å². The van der Waals surface area contributed by atoms with E-state index < -0.39 is 6.10 Å². The lowest BCUT2D eigenvalue weighted by Gasteiger charge is -2.35. The molecule has 0 unspecified atom stereocenters. The van der Waals surface area contributed by atoms with Crippen LogP contribution < -0.4 is 0 Å². The van der Waals surface area contributed by atoms with Crippen LogP contribution in [0.25, 0.3) is 0 Å². The van der Waals surface area contributed by atoms with E-state index in [1.165, 1.54) is 4.68 Å². The zero-order valence-corrected chi connectivity index (χ0v) is 10.0. The van der Waals surface area contributed by atoms with Crippen molar-refractivity contribution in [3.8, 4) is 0 Å². The van der Waals surface area contributed by atoms with Crippen molar-refractivity contribution in [2.45, 2.75) is 19.4 Å². The minimum absolute atomic E-state index is 0.139. The van der Waals surface area contributed by atoms with Gasteiger partial charge in [-0.05, 0) is 6.42 Å². The molecule has 1 aliphatic rings. The summed E-state index contributed by atoms with van der Waals surface area (Å²) >= 11 is 6.04. The second-order valence-electron chi connectivity index (χ2n) is 3.95. The van der Waals surface area contributed by atoms with Gasteiger partial charge in [-0.25, -0.2) is 0 Å². The first-order valence-electron chi connectivity index (χ1n) is 5.23. The fourth-order valence-electron chi connectivity index (χ4n) is 1.79. The number of β-amino-alcohol motifs (C(OH)–C–C–N with tert-alkyl or cyclic N) is 1. The first-order valence-corrected chi connectivity index (χ1v) is 5.61. The van der Waals surface area contributed by atoms with Gasteiger partial charge in [-0.2, -0.15) is 5.10 Å². The molecule has 0 spiro atoms. The fourth-order valence-corrected chi connectivity index (χ4v) is 2.02. The van der Waals surface area contributed by atoms with Gasteiger partial charge in [-0.1, -0.05) is 18.5 Å². The third-order valence-corrected chi connectivity index (χ3v) is 3.18. The molecule has 1 amide bonds. The van der Waals surface area contributed by atoms with Gasteiger partial charge in [0.05, 0.1) is 17.4 Å². The number of aliphatic hydroxyl groups excluding tert-OH is 1. The molecule has 0 aromatic carbocycles. The summed E-state index contributed by atoms with van der Waals surface area (Å²) in [6, 6.07) is 0. The van der Waals surface area contributed by atoms with Crippen molar-refractivity contribution in [2.24, 2.45) is 7.05 Å². The number of hydrogen-bond acceptors (Lipinski definition) is 3. The van der Waals surface area contributed by atoms with Crippen molar-refractivity contribution in [1.82, 2.24) is 14.7 Å². The van der Waals surface area contributed by atoms with E-state index in [2.05, 4.69) is 5.10 Å². The molecule has 2 heterocycles.